The van der Waals surface area contributed by atoms with E-state index >= 15 is 0 Å². The number of carbonyl (C=O) groups excluding carboxylic acids is 2. The molecular formula is C21H16O8S. The van der Waals surface area contributed by atoms with Crippen LogP contribution in [0.4, 0.5) is 0 Å². The van der Waals surface area contributed by atoms with Crippen molar-refractivity contribution in [2.24, 2.45) is 0 Å². The van der Waals surface area contributed by atoms with Gasteiger partial charge in [-0.05, 0) is 18.2 Å². The van der Waals surface area contributed by atoms with Gasteiger partial charge in [0.05, 0.1) is 12.7 Å². The van der Waals surface area contributed by atoms with E-state index in [2.05, 4.69) is 0 Å². The van der Waals surface area contributed by atoms with Crippen molar-refractivity contribution in [2.45, 2.75) is 4.90 Å². The molecule has 0 saturated carbocycles. The summed E-state index contributed by atoms with van der Waals surface area (Å²) in [7, 11) is -3.15. The predicted molar refractivity (Wildman–Crippen MR) is 106 cm³/mol. The molecular weight excluding hydrogens is 412 g/mol. The van der Waals surface area contributed by atoms with Crippen LogP contribution in [0.5, 0.6) is 17.2 Å². The van der Waals surface area contributed by atoms with Crippen LogP contribution in [-0.4, -0.2) is 41.9 Å². The molecule has 0 unspecified atom stereocenters. The highest BCUT2D eigenvalue weighted by Crippen LogP contribution is 2.31. The van der Waals surface area contributed by atoms with E-state index in [0.29, 0.717) is 0 Å². The van der Waals surface area contributed by atoms with Crippen LogP contribution in [0.15, 0.2) is 65.6 Å². The minimum absolute atomic E-state index is 0.0103. The summed E-state index contributed by atoms with van der Waals surface area (Å²) in [6.45, 7) is 0. The number of phenolic OH excluding ortho intramolecular Hbond substituents is 2. The summed E-state index contributed by atoms with van der Waals surface area (Å²) in [6.07, 6.45) is 0. The van der Waals surface area contributed by atoms with Gasteiger partial charge in [0.25, 0.3) is 10.1 Å². The highest BCUT2D eigenvalue weighted by atomic mass is 32.2. The van der Waals surface area contributed by atoms with E-state index in [1.165, 1.54) is 49.6 Å². The van der Waals surface area contributed by atoms with E-state index in [1.54, 1.807) is 12.1 Å². The fourth-order valence-corrected chi connectivity index (χ4v) is 3.71. The van der Waals surface area contributed by atoms with Crippen molar-refractivity contribution in [1.29, 1.82) is 0 Å². The standard InChI is InChI=1S/C14H8O5S.C7H8O3/c15-13-8-4-1-2-5-9(8)14(16)12-10(13)6-3-7-11(12)20(17,18)19;1-10-7-4-5(8)2-3-6(7)9/h1-7H,(H,17,18,19);2-4,8-9H,1H3. The van der Waals surface area contributed by atoms with E-state index < -0.39 is 26.6 Å². The SMILES string of the molecule is COc1cc(O)ccc1O.O=C1c2ccccc2C(=O)c2c1cccc2S(=O)(=O)O. The van der Waals surface area contributed by atoms with Crippen LogP contribution < -0.4 is 4.74 Å². The lowest BCUT2D eigenvalue weighted by atomic mass is 9.84. The number of rotatable bonds is 2. The van der Waals surface area contributed by atoms with Gasteiger partial charge >= 0.3 is 0 Å². The Morgan fingerprint density at radius 1 is 0.800 bits per heavy atom. The number of benzene rings is 3. The third-order valence-corrected chi connectivity index (χ3v) is 5.25. The molecule has 1 aliphatic rings. The highest BCUT2D eigenvalue weighted by molar-refractivity contribution is 7.86. The molecule has 154 valence electrons. The lowest BCUT2D eigenvalue weighted by Gasteiger charge is -2.18. The van der Waals surface area contributed by atoms with Crippen molar-refractivity contribution < 1.29 is 37.5 Å². The number of aromatic hydroxyl groups is 2. The summed E-state index contributed by atoms with van der Waals surface area (Å²) in [5, 5.41) is 17.9. The number of phenols is 2. The molecule has 0 heterocycles. The molecule has 0 radical (unpaired) electrons. The number of hydrogen-bond donors (Lipinski definition) is 3. The van der Waals surface area contributed by atoms with Gasteiger partial charge in [-0.15, -0.1) is 0 Å². The molecule has 0 aliphatic heterocycles. The Kier molecular flexibility index (Phi) is 5.59. The lowest BCUT2D eigenvalue weighted by Crippen LogP contribution is -2.23. The second kappa shape index (κ2) is 7.97. The molecule has 30 heavy (non-hydrogen) atoms. The second-order valence-corrected chi connectivity index (χ2v) is 7.60. The van der Waals surface area contributed by atoms with Gasteiger partial charge in [-0.25, -0.2) is 0 Å². The van der Waals surface area contributed by atoms with Crippen LogP contribution in [0.25, 0.3) is 0 Å². The molecule has 9 heteroatoms. The maximum absolute atomic E-state index is 12.4. The average molecular weight is 428 g/mol. The Hall–Kier alpha value is -3.69. The van der Waals surface area contributed by atoms with Crippen molar-refractivity contribution in [3.8, 4) is 17.2 Å². The van der Waals surface area contributed by atoms with Crippen molar-refractivity contribution in [3.05, 3.63) is 82.9 Å². The van der Waals surface area contributed by atoms with Gasteiger partial charge in [-0.3, -0.25) is 14.1 Å². The third-order valence-electron chi connectivity index (χ3n) is 4.36. The Balaban J connectivity index is 0.000000216. The normalized spacial score (nSPS) is 12.3. The Morgan fingerprint density at radius 3 is 1.97 bits per heavy atom. The Bertz CT molecular complexity index is 1260. The number of ether oxygens (including phenoxy) is 1. The Morgan fingerprint density at radius 2 is 1.40 bits per heavy atom. The van der Waals surface area contributed by atoms with Gasteiger partial charge in [0.2, 0.25) is 0 Å². The number of methoxy groups -OCH3 is 1. The summed E-state index contributed by atoms with van der Waals surface area (Å²) in [5.41, 5.74) is 0.0983. The molecule has 0 bridgehead atoms. The Labute approximate surface area is 171 Å². The van der Waals surface area contributed by atoms with Gasteiger partial charge in [-0.1, -0.05) is 36.4 Å². The van der Waals surface area contributed by atoms with Crippen LogP contribution in [0.2, 0.25) is 0 Å². The molecule has 1 aliphatic carbocycles. The fourth-order valence-electron chi connectivity index (χ4n) is 2.99. The zero-order valence-electron chi connectivity index (χ0n) is 15.6. The molecule has 8 nitrogen and oxygen atoms in total. The first-order chi connectivity index (χ1) is 14.1. The highest BCUT2D eigenvalue weighted by Gasteiger charge is 2.34. The van der Waals surface area contributed by atoms with Crippen molar-refractivity contribution in [1.82, 2.24) is 0 Å². The van der Waals surface area contributed by atoms with E-state index in [-0.39, 0.29) is 39.5 Å². The predicted octanol–water partition coefficient (Wildman–Crippen LogP) is 2.82. The minimum atomic E-state index is -4.58. The smallest absolute Gasteiger partial charge is 0.295 e. The molecule has 0 spiro atoms. The van der Waals surface area contributed by atoms with E-state index in [1.807, 2.05) is 0 Å². The van der Waals surface area contributed by atoms with E-state index in [9.17, 15) is 22.6 Å². The van der Waals surface area contributed by atoms with Crippen molar-refractivity contribution in [3.63, 3.8) is 0 Å². The van der Waals surface area contributed by atoms with Crippen molar-refractivity contribution >= 4 is 21.7 Å². The summed E-state index contributed by atoms with van der Waals surface area (Å²) in [4.78, 5) is 24.2. The first-order valence-electron chi connectivity index (χ1n) is 8.50. The summed E-state index contributed by atoms with van der Waals surface area (Å²) in [6, 6.07) is 14.1. The quantitative estimate of drug-likeness (QED) is 0.327. The molecule has 0 aromatic heterocycles. The van der Waals surface area contributed by atoms with Gasteiger partial charge in [0, 0.05) is 22.8 Å². The molecule has 3 aromatic carbocycles. The molecule has 3 N–H and O–H groups in total. The zero-order chi connectivity index (χ0) is 22.1. The molecule has 4 rings (SSSR count). The molecule has 0 atom stereocenters. The van der Waals surface area contributed by atoms with Crippen LogP contribution >= 0.6 is 0 Å². The maximum Gasteiger partial charge on any atom is 0.295 e. The largest absolute Gasteiger partial charge is 0.508 e. The summed E-state index contributed by atoms with van der Waals surface area (Å²) < 4.78 is 36.6. The molecule has 3 aromatic rings. The van der Waals surface area contributed by atoms with Crippen molar-refractivity contribution in [2.75, 3.05) is 7.11 Å². The fraction of sp³-hybridized carbons (Fsp3) is 0.0476. The van der Waals surface area contributed by atoms with E-state index in [0.717, 1.165) is 6.07 Å². The number of carbonyl (C=O) groups is 2. The zero-order valence-corrected chi connectivity index (χ0v) is 16.4. The summed E-state index contributed by atoms with van der Waals surface area (Å²) in [5.74, 6) is -0.626. The molecule has 0 amide bonds. The summed E-state index contributed by atoms with van der Waals surface area (Å²) >= 11 is 0. The van der Waals surface area contributed by atoms with Crippen LogP contribution in [0, 0.1) is 0 Å². The third kappa shape index (κ3) is 3.88. The van der Waals surface area contributed by atoms with Crippen LogP contribution in [0.3, 0.4) is 0 Å². The topological polar surface area (TPSA) is 138 Å². The van der Waals surface area contributed by atoms with Gasteiger partial charge in [-0.2, -0.15) is 8.42 Å². The van der Waals surface area contributed by atoms with Gasteiger partial charge in [0.15, 0.2) is 23.1 Å². The molecule has 0 fully saturated rings. The van der Waals surface area contributed by atoms with Gasteiger partial charge in [0.1, 0.15) is 10.6 Å². The molecule has 0 saturated heterocycles. The number of ketones is 2. The van der Waals surface area contributed by atoms with Crippen LogP contribution in [-0.2, 0) is 10.1 Å². The maximum atomic E-state index is 12.4. The monoisotopic (exact) mass is 428 g/mol. The number of fused-ring (bicyclic) bond motifs is 2. The van der Waals surface area contributed by atoms with Crippen LogP contribution in [0.1, 0.15) is 31.8 Å². The second-order valence-electron chi connectivity index (χ2n) is 6.21. The lowest BCUT2D eigenvalue weighted by molar-refractivity contribution is 0.0976. The first kappa shape index (κ1) is 21.0. The first-order valence-corrected chi connectivity index (χ1v) is 9.94. The average Bonchev–Trinajstić information content (AvgIpc) is 2.73. The number of hydrogen-bond acceptors (Lipinski definition) is 7. The minimum Gasteiger partial charge on any atom is -0.508 e. The van der Waals surface area contributed by atoms with Gasteiger partial charge < -0.3 is 14.9 Å². The van der Waals surface area contributed by atoms with E-state index in [4.69, 9.17) is 14.9 Å².